The van der Waals surface area contributed by atoms with Gasteiger partial charge in [0.15, 0.2) is 5.75 Å². The summed E-state index contributed by atoms with van der Waals surface area (Å²) in [5.74, 6) is 0.890. The third-order valence-corrected chi connectivity index (χ3v) is 2.92. The largest absolute Gasteiger partial charge is 0.435 e. The second kappa shape index (κ2) is 3.91. The molecule has 0 radical (unpaired) electrons. The number of H-pyrrole nitrogens is 1. The Morgan fingerprint density at radius 1 is 1.37 bits per heavy atom. The first-order valence-corrected chi connectivity index (χ1v) is 5.63. The third kappa shape index (κ3) is 1.75. The summed E-state index contributed by atoms with van der Waals surface area (Å²) in [5, 5.41) is 17.7. The molecule has 0 saturated heterocycles. The Kier molecular flexibility index (Phi) is 2.34. The molecule has 7 nitrogen and oxygen atoms in total. The quantitative estimate of drug-likeness (QED) is 0.628. The zero-order chi connectivity index (χ0) is 13.6. The standard InChI is InChI=1S/C12H10N4O3/c1-6-11-7(2)14-15-12(11)19-10-4-3-8(16(17)18)5-9(10)13-6/h3-5H,1-2H3,(H,14,15). The first kappa shape index (κ1) is 11.4. The first-order chi connectivity index (χ1) is 9.06. The van der Waals surface area contributed by atoms with E-state index in [0.29, 0.717) is 23.0 Å². The van der Waals surface area contributed by atoms with Crippen LogP contribution in [0.1, 0.15) is 18.2 Å². The van der Waals surface area contributed by atoms with E-state index in [1.165, 1.54) is 18.2 Å². The monoisotopic (exact) mass is 258 g/mol. The molecule has 0 amide bonds. The fourth-order valence-corrected chi connectivity index (χ4v) is 2.04. The highest BCUT2D eigenvalue weighted by molar-refractivity contribution is 6.04. The summed E-state index contributed by atoms with van der Waals surface area (Å²) in [7, 11) is 0. The summed E-state index contributed by atoms with van der Waals surface area (Å²) in [4.78, 5) is 14.7. The molecule has 0 spiro atoms. The number of benzene rings is 1. The van der Waals surface area contributed by atoms with E-state index in [4.69, 9.17) is 4.74 Å². The van der Waals surface area contributed by atoms with E-state index in [9.17, 15) is 10.1 Å². The van der Waals surface area contributed by atoms with Crippen LogP contribution in [0, 0.1) is 17.0 Å². The van der Waals surface area contributed by atoms with Gasteiger partial charge in [0.25, 0.3) is 5.69 Å². The Morgan fingerprint density at radius 2 is 2.16 bits per heavy atom. The SMILES string of the molecule is CC1=Nc2cc([N+](=O)[O-])ccc2Oc2n[nH]c(C)c21. The average Bonchev–Trinajstić information content (AvgIpc) is 2.65. The number of nitro groups is 1. The van der Waals surface area contributed by atoms with Crippen molar-refractivity contribution in [3.8, 4) is 11.6 Å². The van der Waals surface area contributed by atoms with Crippen molar-refractivity contribution >= 4 is 17.1 Å². The number of aromatic nitrogens is 2. The lowest BCUT2D eigenvalue weighted by molar-refractivity contribution is -0.384. The second-order valence-electron chi connectivity index (χ2n) is 4.24. The molecule has 2 aromatic rings. The van der Waals surface area contributed by atoms with Gasteiger partial charge in [-0.3, -0.25) is 15.2 Å². The molecule has 19 heavy (non-hydrogen) atoms. The van der Waals surface area contributed by atoms with Crippen molar-refractivity contribution in [3.63, 3.8) is 0 Å². The lowest BCUT2D eigenvalue weighted by atomic mass is 10.2. The molecule has 7 heteroatoms. The molecule has 0 aliphatic carbocycles. The molecule has 1 aliphatic rings. The second-order valence-corrected chi connectivity index (χ2v) is 4.24. The number of ether oxygens (including phenoxy) is 1. The number of fused-ring (bicyclic) bond motifs is 2. The minimum Gasteiger partial charge on any atom is -0.435 e. The van der Waals surface area contributed by atoms with E-state index in [2.05, 4.69) is 15.2 Å². The maximum atomic E-state index is 10.8. The molecule has 0 atom stereocenters. The summed E-state index contributed by atoms with van der Waals surface area (Å²) in [6.07, 6.45) is 0. The smallest absolute Gasteiger partial charge is 0.271 e. The molecular weight excluding hydrogens is 248 g/mol. The van der Waals surface area contributed by atoms with Gasteiger partial charge in [0.2, 0.25) is 5.88 Å². The number of aromatic amines is 1. The Balaban J connectivity index is 2.19. The van der Waals surface area contributed by atoms with Crippen LogP contribution in [0.3, 0.4) is 0 Å². The van der Waals surface area contributed by atoms with Gasteiger partial charge in [0.1, 0.15) is 5.69 Å². The van der Waals surface area contributed by atoms with E-state index >= 15 is 0 Å². The average molecular weight is 258 g/mol. The molecule has 3 rings (SSSR count). The predicted molar refractivity (Wildman–Crippen MR) is 68.4 cm³/mol. The molecule has 0 unspecified atom stereocenters. The first-order valence-electron chi connectivity index (χ1n) is 5.63. The van der Waals surface area contributed by atoms with Crippen LogP contribution < -0.4 is 4.74 Å². The number of non-ortho nitro benzene ring substituents is 1. The summed E-state index contributed by atoms with van der Waals surface area (Å²) in [5.41, 5.74) is 2.76. The van der Waals surface area contributed by atoms with Crippen LogP contribution >= 0.6 is 0 Å². The van der Waals surface area contributed by atoms with E-state index < -0.39 is 4.92 Å². The predicted octanol–water partition coefficient (Wildman–Crippen LogP) is 2.87. The Labute approximate surface area is 108 Å². The Bertz CT molecular complexity index is 718. The Hall–Kier alpha value is -2.70. The van der Waals surface area contributed by atoms with Gasteiger partial charge in [-0.1, -0.05) is 0 Å². The number of rotatable bonds is 1. The number of nitrogens with zero attached hydrogens (tertiary/aromatic N) is 3. The van der Waals surface area contributed by atoms with Crippen molar-refractivity contribution in [2.24, 2.45) is 4.99 Å². The fourth-order valence-electron chi connectivity index (χ4n) is 2.04. The zero-order valence-electron chi connectivity index (χ0n) is 10.3. The molecule has 1 N–H and O–H groups in total. The summed E-state index contributed by atoms with van der Waals surface area (Å²) < 4.78 is 5.65. The number of nitro benzene ring substituents is 1. The number of hydrogen-bond donors (Lipinski definition) is 1. The maximum Gasteiger partial charge on any atom is 0.271 e. The van der Waals surface area contributed by atoms with E-state index in [1.807, 2.05) is 13.8 Å². The number of aryl methyl sites for hydroxylation is 1. The summed E-state index contributed by atoms with van der Waals surface area (Å²) in [6, 6.07) is 4.31. The number of nitrogens with one attached hydrogen (secondary N) is 1. The van der Waals surface area contributed by atoms with Gasteiger partial charge in [-0.25, -0.2) is 4.99 Å². The molecule has 1 aliphatic heterocycles. The van der Waals surface area contributed by atoms with Gasteiger partial charge < -0.3 is 4.74 Å². The summed E-state index contributed by atoms with van der Waals surface area (Å²) >= 11 is 0. The molecule has 0 bridgehead atoms. The van der Waals surface area contributed by atoms with Crippen LogP contribution in [0.15, 0.2) is 23.2 Å². The number of aliphatic imine (C=N–C) groups is 1. The molecule has 0 saturated carbocycles. The maximum absolute atomic E-state index is 10.8. The normalized spacial score (nSPS) is 12.8. The molecule has 96 valence electrons. The molecule has 1 aromatic heterocycles. The minimum absolute atomic E-state index is 0.0169. The van der Waals surface area contributed by atoms with E-state index in [0.717, 1.165) is 11.3 Å². The van der Waals surface area contributed by atoms with Gasteiger partial charge in [-0.15, -0.1) is 5.10 Å². The highest BCUT2D eigenvalue weighted by Gasteiger charge is 2.22. The van der Waals surface area contributed by atoms with Crippen molar-refractivity contribution in [1.82, 2.24) is 10.2 Å². The molecule has 2 heterocycles. The Morgan fingerprint density at radius 3 is 2.89 bits per heavy atom. The summed E-state index contributed by atoms with van der Waals surface area (Å²) in [6.45, 7) is 3.69. The lowest BCUT2D eigenvalue weighted by Gasteiger charge is -2.03. The minimum atomic E-state index is -0.458. The lowest BCUT2D eigenvalue weighted by Crippen LogP contribution is -1.95. The van der Waals surface area contributed by atoms with Gasteiger partial charge in [-0.2, -0.15) is 0 Å². The topological polar surface area (TPSA) is 93.4 Å². The third-order valence-electron chi connectivity index (χ3n) is 2.92. The van der Waals surface area contributed by atoms with E-state index in [-0.39, 0.29) is 5.69 Å². The van der Waals surface area contributed by atoms with E-state index in [1.54, 1.807) is 0 Å². The zero-order valence-corrected chi connectivity index (χ0v) is 10.3. The van der Waals surface area contributed by atoms with Crippen LogP contribution in [-0.4, -0.2) is 20.8 Å². The number of hydrogen-bond acceptors (Lipinski definition) is 5. The molecular formula is C12H10N4O3. The van der Waals surface area contributed by atoms with Crippen molar-refractivity contribution in [3.05, 3.63) is 39.6 Å². The van der Waals surface area contributed by atoms with Gasteiger partial charge in [-0.05, 0) is 19.9 Å². The van der Waals surface area contributed by atoms with Crippen LogP contribution in [0.5, 0.6) is 11.6 Å². The van der Waals surface area contributed by atoms with Crippen LogP contribution in [0.2, 0.25) is 0 Å². The van der Waals surface area contributed by atoms with Gasteiger partial charge in [0.05, 0.1) is 16.2 Å². The highest BCUT2D eigenvalue weighted by Crippen LogP contribution is 2.39. The van der Waals surface area contributed by atoms with Crippen LogP contribution in [-0.2, 0) is 0 Å². The van der Waals surface area contributed by atoms with Crippen LogP contribution in [0.4, 0.5) is 11.4 Å². The van der Waals surface area contributed by atoms with Crippen molar-refractivity contribution in [1.29, 1.82) is 0 Å². The molecule has 0 fully saturated rings. The highest BCUT2D eigenvalue weighted by atomic mass is 16.6. The van der Waals surface area contributed by atoms with Crippen molar-refractivity contribution < 1.29 is 9.66 Å². The fraction of sp³-hybridized carbons (Fsp3) is 0.167. The van der Waals surface area contributed by atoms with Crippen molar-refractivity contribution in [2.75, 3.05) is 0 Å². The molecule has 1 aromatic carbocycles. The van der Waals surface area contributed by atoms with Crippen LogP contribution in [0.25, 0.3) is 0 Å². The van der Waals surface area contributed by atoms with Crippen molar-refractivity contribution in [2.45, 2.75) is 13.8 Å². The van der Waals surface area contributed by atoms with Gasteiger partial charge in [0, 0.05) is 17.8 Å². The van der Waals surface area contributed by atoms with Gasteiger partial charge >= 0.3 is 0 Å².